The minimum atomic E-state index is -0.564. The van der Waals surface area contributed by atoms with Crippen molar-refractivity contribution in [3.05, 3.63) is 24.2 Å². The second-order valence-corrected chi connectivity index (χ2v) is 5.55. The Labute approximate surface area is 119 Å². The van der Waals surface area contributed by atoms with Crippen molar-refractivity contribution in [2.45, 2.75) is 70.6 Å². The van der Waals surface area contributed by atoms with E-state index in [0.29, 0.717) is 6.61 Å². The van der Waals surface area contributed by atoms with Crippen LogP contribution in [0.1, 0.15) is 39.2 Å². The molecule has 5 nitrogen and oxygen atoms in total. The number of rotatable bonds is 5. The Morgan fingerprint density at radius 1 is 1.30 bits per heavy atom. The van der Waals surface area contributed by atoms with Gasteiger partial charge >= 0.3 is 0 Å². The molecule has 2 aliphatic heterocycles. The first-order valence-electron chi connectivity index (χ1n) is 7.29. The Morgan fingerprint density at radius 3 is 2.80 bits per heavy atom. The van der Waals surface area contributed by atoms with Crippen molar-refractivity contribution in [2.75, 3.05) is 0 Å². The van der Waals surface area contributed by atoms with Gasteiger partial charge in [0, 0.05) is 5.56 Å². The lowest BCUT2D eigenvalue weighted by molar-refractivity contribution is -0.229. The summed E-state index contributed by atoms with van der Waals surface area (Å²) in [6.45, 7) is 6.57. The summed E-state index contributed by atoms with van der Waals surface area (Å²) in [6.07, 6.45) is 4.43. The normalized spacial score (nSPS) is 40.1. The SMILES string of the molecule is CC[C@H]1O[C@@H]2OC(C)(CC)O[C@@H]2[C@H]1OCc1ccoc1. The fourth-order valence-electron chi connectivity index (χ4n) is 2.74. The molecule has 3 heterocycles. The van der Waals surface area contributed by atoms with Crippen LogP contribution in [-0.4, -0.2) is 30.4 Å². The van der Waals surface area contributed by atoms with E-state index in [1.54, 1.807) is 12.5 Å². The molecule has 0 aliphatic carbocycles. The van der Waals surface area contributed by atoms with Crippen LogP contribution >= 0.6 is 0 Å². The highest BCUT2D eigenvalue weighted by molar-refractivity contribution is 5.04. The summed E-state index contributed by atoms with van der Waals surface area (Å²) < 4.78 is 28.9. The summed E-state index contributed by atoms with van der Waals surface area (Å²) in [6, 6.07) is 1.90. The zero-order valence-electron chi connectivity index (χ0n) is 12.2. The van der Waals surface area contributed by atoms with Crippen LogP contribution < -0.4 is 0 Å². The lowest BCUT2D eigenvalue weighted by atomic mass is 10.1. The standard InChI is InChI=1S/C15H22O5/c1-4-11-12(17-9-10-6-7-16-8-10)13-14(18-11)20-15(3,5-2)19-13/h6-8,11-14H,4-5,9H2,1-3H3/t11-,12+,13-,14-,15?/m1/s1. The largest absolute Gasteiger partial charge is 0.472 e. The monoisotopic (exact) mass is 282 g/mol. The third kappa shape index (κ3) is 2.51. The minimum absolute atomic E-state index is 0.0123. The summed E-state index contributed by atoms with van der Waals surface area (Å²) in [5.41, 5.74) is 1.01. The molecular formula is C15H22O5. The van der Waals surface area contributed by atoms with E-state index in [0.717, 1.165) is 18.4 Å². The van der Waals surface area contributed by atoms with Crippen molar-refractivity contribution in [1.82, 2.24) is 0 Å². The number of ether oxygens (including phenoxy) is 4. The van der Waals surface area contributed by atoms with Gasteiger partial charge in [0.2, 0.25) is 0 Å². The molecular weight excluding hydrogens is 260 g/mol. The first kappa shape index (κ1) is 14.1. The molecule has 1 aromatic heterocycles. The van der Waals surface area contributed by atoms with Crippen LogP contribution in [0.2, 0.25) is 0 Å². The van der Waals surface area contributed by atoms with Crippen LogP contribution in [0.25, 0.3) is 0 Å². The highest BCUT2D eigenvalue weighted by Crippen LogP contribution is 2.41. The maximum absolute atomic E-state index is 6.04. The van der Waals surface area contributed by atoms with Gasteiger partial charge in [-0.25, -0.2) is 0 Å². The molecule has 0 N–H and O–H groups in total. The molecule has 0 saturated carbocycles. The first-order chi connectivity index (χ1) is 9.65. The van der Waals surface area contributed by atoms with Crippen molar-refractivity contribution in [1.29, 1.82) is 0 Å². The fraction of sp³-hybridized carbons (Fsp3) is 0.733. The molecule has 112 valence electrons. The Kier molecular flexibility index (Phi) is 3.86. The Balaban J connectivity index is 1.67. The van der Waals surface area contributed by atoms with Crippen molar-refractivity contribution in [2.24, 2.45) is 0 Å². The van der Waals surface area contributed by atoms with Gasteiger partial charge in [-0.05, 0) is 25.8 Å². The van der Waals surface area contributed by atoms with Gasteiger partial charge in [0.1, 0.15) is 12.2 Å². The van der Waals surface area contributed by atoms with E-state index in [4.69, 9.17) is 23.4 Å². The van der Waals surface area contributed by atoms with Crippen molar-refractivity contribution >= 4 is 0 Å². The van der Waals surface area contributed by atoms with Crippen LogP contribution in [0.5, 0.6) is 0 Å². The molecule has 0 radical (unpaired) electrons. The summed E-state index contributed by atoms with van der Waals surface area (Å²) >= 11 is 0. The molecule has 1 unspecified atom stereocenters. The summed E-state index contributed by atoms with van der Waals surface area (Å²) in [5.74, 6) is -0.564. The zero-order chi connectivity index (χ0) is 14.2. The zero-order valence-corrected chi connectivity index (χ0v) is 12.2. The molecule has 2 aliphatic rings. The summed E-state index contributed by atoms with van der Waals surface area (Å²) in [7, 11) is 0. The predicted molar refractivity (Wildman–Crippen MR) is 70.9 cm³/mol. The average molecular weight is 282 g/mol. The molecule has 0 bridgehead atoms. The Morgan fingerprint density at radius 2 is 2.15 bits per heavy atom. The Bertz CT molecular complexity index is 431. The van der Waals surface area contributed by atoms with Crippen LogP contribution in [0, 0.1) is 0 Å². The third-order valence-electron chi connectivity index (χ3n) is 4.09. The molecule has 0 spiro atoms. The summed E-state index contributed by atoms with van der Waals surface area (Å²) in [4.78, 5) is 0. The highest BCUT2D eigenvalue weighted by Gasteiger charge is 2.55. The molecule has 3 rings (SSSR count). The lowest BCUT2D eigenvalue weighted by Gasteiger charge is -2.27. The van der Waals surface area contributed by atoms with Gasteiger partial charge in [0.25, 0.3) is 0 Å². The van der Waals surface area contributed by atoms with E-state index in [-0.39, 0.29) is 24.6 Å². The second kappa shape index (κ2) is 5.48. The predicted octanol–water partition coefficient (Wildman–Crippen LogP) is 2.84. The van der Waals surface area contributed by atoms with Gasteiger partial charge in [-0.3, -0.25) is 0 Å². The average Bonchev–Trinajstić information content (AvgIpc) is 3.11. The van der Waals surface area contributed by atoms with Crippen molar-refractivity contribution in [3.8, 4) is 0 Å². The van der Waals surface area contributed by atoms with Crippen LogP contribution in [0.3, 0.4) is 0 Å². The molecule has 5 atom stereocenters. The minimum Gasteiger partial charge on any atom is -0.472 e. The number of hydrogen-bond acceptors (Lipinski definition) is 5. The topological polar surface area (TPSA) is 50.1 Å². The third-order valence-corrected chi connectivity index (χ3v) is 4.09. The number of hydrogen-bond donors (Lipinski definition) is 0. The van der Waals surface area contributed by atoms with E-state index in [1.807, 2.05) is 19.9 Å². The molecule has 0 amide bonds. The smallest absolute Gasteiger partial charge is 0.190 e. The van der Waals surface area contributed by atoms with Crippen molar-refractivity contribution < 1.29 is 23.4 Å². The first-order valence-corrected chi connectivity index (χ1v) is 7.29. The van der Waals surface area contributed by atoms with Gasteiger partial charge < -0.3 is 23.4 Å². The van der Waals surface area contributed by atoms with Crippen molar-refractivity contribution in [3.63, 3.8) is 0 Å². The quantitative estimate of drug-likeness (QED) is 0.831. The van der Waals surface area contributed by atoms with Crippen LogP contribution in [0.15, 0.2) is 23.0 Å². The van der Waals surface area contributed by atoms with Crippen LogP contribution in [0.4, 0.5) is 0 Å². The Hall–Kier alpha value is -0.880. The fourth-order valence-corrected chi connectivity index (χ4v) is 2.74. The van der Waals surface area contributed by atoms with Gasteiger partial charge in [0.05, 0.1) is 25.2 Å². The van der Waals surface area contributed by atoms with Crippen LogP contribution in [-0.2, 0) is 25.6 Å². The highest BCUT2D eigenvalue weighted by atomic mass is 16.8. The van der Waals surface area contributed by atoms with E-state index in [1.165, 1.54) is 0 Å². The van der Waals surface area contributed by atoms with Gasteiger partial charge in [0.15, 0.2) is 12.1 Å². The molecule has 2 saturated heterocycles. The molecule has 5 heteroatoms. The van der Waals surface area contributed by atoms with E-state index >= 15 is 0 Å². The van der Waals surface area contributed by atoms with Gasteiger partial charge in [-0.15, -0.1) is 0 Å². The maximum Gasteiger partial charge on any atom is 0.190 e. The molecule has 0 aromatic carbocycles. The van der Waals surface area contributed by atoms with E-state index < -0.39 is 5.79 Å². The van der Waals surface area contributed by atoms with Gasteiger partial charge in [-0.1, -0.05) is 13.8 Å². The molecule has 20 heavy (non-hydrogen) atoms. The maximum atomic E-state index is 6.04. The van der Waals surface area contributed by atoms with E-state index in [9.17, 15) is 0 Å². The summed E-state index contributed by atoms with van der Waals surface area (Å²) in [5, 5.41) is 0. The lowest BCUT2D eigenvalue weighted by Crippen LogP contribution is -2.37. The number of furan rings is 1. The van der Waals surface area contributed by atoms with Gasteiger partial charge in [-0.2, -0.15) is 0 Å². The van der Waals surface area contributed by atoms with E-state index in [2.05, 4.69) is 6.92 Å². The molecule has 1 aromatic rings. The molecule has 2 fully saturated rings. The second-order valence-electron chi connectivity index (χ2n) is 5.55. The number of fused-ring (bicyclic) bond motifs is 1.